The van der Waals surface area contributed by atoms with Crippen LogP contribution in [0.25, 0.3) is 0 Å². The second kappa shape index (κ2) is 6.91. The van der Waals surface area contributed by atoms with Gasteiger partial charge in [0.1, 0.15) is 0 Å². The standard InChI is InChI=1S/C16H32N2/c1-4-11-18(14-9-10-17-12-14)16-8-6-5-7-15(16)13(2)3/h13-17H,4-12H2,1-3H3. The quantitative estimate of drug-likeness (QED) is 0.808. The minimum Gasteiger partial charge on any atom is -0.315 e. The van der Waals surface area contributed by atoms with Crippen LogP contribution >= 0.6 is 0 Å². The van der Waals surface area contributed by atoms with Crippen molar-refractivity contribution in [3.8, 4) is 0 Å². The van der Waals surface area contributed by atoms with Crippen LogP contribution in [0.1, 0.15) is 59.3 Å². The molecule has 0 aromatic heterocycles. The molecule has 0 radical (unpaired) electrons. The minimum absolute atomic E-state index is 0.814. The lowest BCUT2D eigenvalue weighted by Gasteiger charge is -2.44. The van der Waals surface area contributed by atoms with Gasteiger partial charge in [0.2, 0.25) is 0 Å². The van der Waals surface area contributed by atoms with Crippen molar-refractivity contribution in [2.75, 3.05) is 19.6 Å². The fraction of sp³-hybridized carbons (Fsp3) is 1.00. The molecule has 18 heavy (non-hydrogen) atoms. The van der Waals surface area contributed by atoms with Gasteiger partial charge < -0.3 is 5.32 Å². The number of nitrogens with one attached hydrogen (secondary N) is 1. The molecule has 1 aliphatic heterocycles. The second-order valence-electron chi connectivity index (χ2n) is 6.64. The van der Waals surface area contributed by atoms with E-state index in [0.717, 1.165) is 23.9 Å². The Kier molecular flexibility index (Phi) is 5.50. The van der Waals surface area contributed by atoms with Crippen LogP contribution in [0.5, 0.6) is 0 Å². The lowest BCUT2D eigenvalue weighted by atomic mass is 9.76. The first-order chi connectivity index (χ1) is 8.74. The van der Waals surface area contributed by atoms with Gasteiger partial charge in [-0.15, -0.1) is 0 Å². The lowest BCUT2D eigenvalue weighted by Crippen LogP contribution is -2.50. The van der Waals surface area contributed by atoms with Crippen molar-refractivity contribution < 1.29 is 0 Å². The Labute approximate surface area is 114 Å². The molecule has 0 aromatic rings. The fourth-order valence-corrected chi connectivity index (χ4v) is 4.13. The summed E-state index contributed by atoms with van der Waals surface area (Å²) in [6.45, 7) is 11.0. The van der Waals surface area contributed by atoms with Gasteiger partial charge in [-0.3, -0.25) is 4.90 Å². The molecule has 106 valence electrons. The Balaban J connectivity index is 2.06. The molecule has 3 unspecified atom stereocenters. The van der Waals surface area contributed by atoms with E-state index in [-0.39, 0.29) is 0 Å². The van der Waals surface area contributed by atoms with Gasteiger partial charge in [0.25, 0.3) is 0 Å². The van der Waals surface area contributed by atoms with E-state index in [1.807, 2.05) is 0 Å². The molecule has 3 atom stereocenters. The monoisotopic (exact) mass is 252 g/mol. The Morgan fingerprint density at radius 3 is 2.56 bits per heavy atom. The predicted molar refractivity (Wildman–Crippen MR) is 78.9 cm³/mol. The number of rotatable bonds is 5. The maximum atomic E-state index is 3.55. The van der Waals surface area contributed by atoms with Crippen molar-refractivity contribution in [3.63, 3.8) is 0 Å². The highest BCUT2D eigenvalue weighted by molar-refractivity contribution is 4.91. The van der Waals surface area contributed by atoms with E-state index in [1.165, 1.54) is 58.2 Å². The van der Waals surface area contributed by atoms with Crippen LogP contribution in [-0.4, -0.2) is 36.6 Å². The van der Waals surface area contributed by atoms with Crippen molar-refractivity contribution in [2.24, 2.45) is 11.8 Å². The first kappa shape index (κ1) is 14.3. The normalized spacial score (nSPS) is 33.5. The molecule has 2 fully saturated rings. The molecule has 0 bridgehead atoms. The van der Waals surface area contributed by atoms with Gasteiger partial charge in [0, 0.05) is 18.6 Å². The summed E-state index contributed by atoms with van der Waals surface area (Å²) in [5, 5.41) is 3.55. The molecule has 0 aromatic carbocycles. The molecule has 1 N–H and O–H groups in total. The molecule has 2 nitrogen and oxygen atoms in total. The van der Waals surface area contributed by atoms with Crippen LogP contribution in [0.3, 0.4) is 0 Å². The van der Waals surface area contributed by atoms with Gasteiger partial charge >= 0.3 is 0 Å². The molecule has 1 saturated carbocycles. The third kappa shape index (κ3) is 3.27. The minimum atomic E-state index is 0.814. The van der Waals surface area contributed by atoms with Gasteiger partial charge in [-0.05, 0) is 50.6 Å². The molecule has 2 rings (SSSR count). The molecular formula is C16H32N2. The smallest absolute Gasteiger partial charge is 0.0235 e. The van der Waals surface area contributed by atoms with Crippen LogP contribution < -0.4 is 5.32 Å². The summed E-state index contributed by atoms with van der Waals surface area (Å²) in [5.41, 5.74) is 0. The largest absolute Gasteiger partial charge is 0.315 e. The number of nitrogens with zero attached hydrogens (tertiary/aromatic N) is 1. The van der Waals surface area contributed by atoms with Crippen molar-refractivity contribution >= 4 is 0 Å². The number of hydrogen-bond acceptors (Lipinski definition) is 2. The van der Waals surface area contributed by atoms with Gasteiger partial charge in [-0.1, -0.05) is 33.6 Å². The topological polar surface area (TPSA) is 15.3 Å². The first-order valence-corrected chi connectivity index (χ1v) is 8.20. The second-order valence-corrected chi connectivity index (χ2v) is 6.64. The summed E-state index contributed by atoms with van der Waals surface area (Å²) in [7, 11) is 0. The van der Waals surface area contributed by atoms with Crippen LogP contribution in [0, 0.1) is 11.8 Å². The lowest BCUT2D eigenvalue weighted by molar-refractivity contribution is 0.0495. The maximum Gasteiger partial charge on any atom is 0.0235 e. The molecular weight excluding hydrogens is 220 g/mol. The highest BCUT2D eigenvalue weighted by Gasteiger charge is 2.35. The molecule has 1 saturated heterocycles. The average molecular weight is 252 g/mol. The summed E-state index contributed by atoms with van der Waals surface area (Å²) in [5.74, 6) is 1.79. The van der Waals surface area contributed by atoms with Crippen LogP contribution in [0.15, 0.2) is 0 Å². The summed E-state index contributed by atoms with van der Waals surface area (Å²) < 4.78 is 0. The first-order valence-electron chi connectivity index (χ1n) is 8.20. The van der Waals surface area contributed by atoms with Crippen LogP contribution in [-0.2, 0) is 0 Å². The summed E-state index contributed by atoms with van der Waals surface area (Å²) in [4.78, 5) is 2.88. The fourth-order valence-electron chi connectivity index (χ4n) is 4.13. The summed E-state index contributed by atoms with van der Waals surface area (Å²) in [6.07, 6.45) is 8.48. The van der Waals surface area contributed by atoms with E-state index in [4.69, 9.17) is 0 Å². The Hall–Kier alpha value is -0.0800. The molecule has 1 aliphatic carbocycles. The Morgan fingerprint density at radius 2 is 1.94 bits per heavy atom. The van der Waals surface area contributed by atoms with E-state index in [9.17, 15) is 0 Å². The van der Waals surface area contributed by atoms with E-state index in [1.54, 1.807) is 0 Å². The van der Waals surface area contributed by atoms with Crippen LogP contribution in [0.4, 0.5) is 0 Å². The van der Waals surface area contributed by atoms with Crippen molar-refractivity contribution in [1.29, 1.82) is 0 Å². The molecule has 0 amide bonds. The Bertz CT molecular complexity index is 231. The van der Waals surface area contributed by atoms with Crippen LogP contribution in [0.2, 0.25) is 0 Å². The highest BCUT2D eigenvalue weighted by atomic mass is 15.2. The summed E-state index contributed by atoms with van der Waals surface area (Å²) in [6, 6.07) is 1.68. The maximum absolute atomic E-state index is 3.55. The zero-order chi connectivity index (χ0) is 13.0. The van der Waals surface area contributed by atoms with Gasteiger partial charge in [-0.25, -0.2) is 0 Å². The van der Waals surface area contributed by atoms with Gasteiger partial charge in [-0.2, -0.15) is 0 Å². The van der Waals surface area contributed by atoms with Crippen molar-refractivity contribution in [2.45, 2.75) is 71.4 Å². The zero-order valence-corrected chi connectivity index (χ0v) is 12.6. The molecule has 2 aliphatic rings. The van der Waals surface area contributed by atoms with E-state index in [0.29, 0.717) is 0 Å². The average Bonchev–Trinajstić information content (AvgIpc) is 2.89. The van der Waals surface area contributed by atoms with Crippen molar-refractivity contribution in [3.05, 3.63) is 0 Å². The molecule has 0 spiro atoms. The van der Waals surface area contributed by atoms with Gasteiger partial charge in [0.15, 0.2) is 0 Å². The number of hydrogen-bond donors (Lipinski definition) is 1. The highest BCUT2D eigenvalue weighted by Crippen LogP contribution is 2.35. The molecule has 2 heteroatoms. The molecule has 1 heterocycles. The predicted octanol–water partition coefficient (Wildman–Crippen LogP) is 3.28. The summed E-state index contributed by atoms with van der Waals surface area (Å²) >= 11 is 0. The van der Waals surface area contributed by atoms with E-state index >= 15 is 0 Å². The third-order valence-corrected chi connectivity index (χ3v) is 5.05. The Morgan fingerprint density at radius 1 is 1.17 bits per heavy atom. The SMILES string of the molecule is CCCN(C1CCNC1)C1CCCCC1C(C)C. The van der Waals surface area contributed by atoms with E-state index in [2.05, 4.69) is 31.0 Å². The van der Waals surface area contributed by atoms with Gasteiger partial charge in [0.05, 0.1) is 0 Å². The van der Waals surface area contributed by atoms with Crippen molar-refractivity contribution in [1.82, 2.24) is 10.2 Å². The van der Waals surface area contributed by atoms with E-state index < -0.39 is 0 Å². The third-order valence-electron chi connectivity index (χ3n) is 5.05. The zero-order valence-electron chi connectivity index (χ0n) is 12.6.